The summed E-state index contributed by atoms with van der Waals surface area (Å²) < 4.78 is 34.9. The first kappa shape index (κ1) is 34.0. The third kappa shape index (κ3) is 9.34. The van der Waals surface area contributed by atoms with Gasteiger partial charge in [-0.3, -0.25) is 19.7 Å². The maximum absolute atomic E-state index is 12.5. The molecule has 0 spiro atoms. The number of thioether (sulfide) groups is 1. The molecule has 0 radical (unpaired) electrons. The predicted molar refractivity (Wildman–Crippen MR) is 175 cm³/mol. The Hall–Kier alpha value is -4.38. The molecular weight excluding hydrogens is 625 g/mol. The number of imide groups is 1. The number of carbonyl (C=O) groups excluding carboxylic acids is 4. The van der Waals surface area contributed by atoms with E-state index < -0.39 is 11.8 Å². The van der Waals surface area contributed by atoms with Gasteiger partial charge >= 0.3 is 11.9 Å². The van der Waals surface area contributed by atoms with E-state index in [1.165, 1.54) is 18.2 Å². The number of carbonyl (C=O) groups is 4. The van der Waals surface area contributed by atoms with Gasteiger partial charge in [0, 0.05) is 12.8 Å². The number of aryl methyl sites for hydroxylation is 1. The van der Waals surface area contributed by atoms with Crippen molar-refractivity contribution in [1.82, 2.24) is 5.32 Å². The predicted octanol–water partition coefficient (Wildman–Crippen LogP) is 7.37. The van der Waals surface area contributed by atoms with Crippen molar-refractivity contribution in [3.63, 3.8) is 0 Å². The van der Waals surface area contributed by atoms with Crippen LogP contribution in [-0.2, 0) is 22.4 Å². The second-order valence-corrected chi connectivity index (χ2v) is 13.1. The SMILES string of the molecule is CCCCCCC(=O)Oc1ccc2c(c1)CCC(C)(CCOc1ccc(CC3SC(=O)NC3=O)cc1)O2.O=C1Oc2cc1ccc2F. The van der Waals surface area contributed by atoms with Gasteiger partial charge in [-0.1, -0.05) is 50.1 Å². The van der Waals surface area contributed by atoms with Gasteiger partial charge in [0.1, 0.15) is 22.8 Å². The molecule has 6 rings (SSSR count). The van der Waals surface area contributed by atoms with Gasteiger partial charge in [0.2, 0.25) is 5.91 Å². The summed E-state index contributed by atoms with van der Waals surface area (Å²) in [6.07, 6.45) is 7.58. The van der Waals surface area contributed by atoms with Crippen LogP contribution < -0.4 is 24.3 Å². The van der Waals surface area contributed by atoms with Crippen LogP contribution in [0.5, 0.6) is 23.0 Å². The van der Waals surface area contributed by atoms with E-state index >= 15 is 0 Å². The zero-order valence-corrected chi connectivity index (χ0v) is 27.3. The number of benzene rings is 3. The minimum absolute atomic E-state index is 0.0301. The number of fused-ring (bicyclic) bond motifs is 3. The molecule has 2 amide bonds. The number of ether oxygens (including phenoxy) is 4. The Morgan fingerprint density at radius 3 is 2.51 bits per heavy atom. The summed E-state index contributed by atoms with van der Waals surface area (Å²) >= 11 is 1.04. The Morgan fingerprint density at radius 1 is 1.00 bits per heavy atom. The third-order valence-corrected chi connectivity index (χ3v) is 9.14. The van der Waals surface area contributed by atoms with E-state index in [9.17, 15) is 23.6 Å². The molecule has 3 aromatic carbocycles. The number of halogens is 1. The summed E-state index contributed by atoms with van der Waals surface area (Å²) in [4.78, 5) is 45.9. The minimum Gasteiger partial charge on any atom is -0.493 e. The molecule has 2 bridgehead atoms. The van der Waals surface area contributed by atoms with Gasteiger partial charge in [0.25, 0.3) is 5.24 Å². The lowest BCUT2D eigenvalue weighted by atomic mass is 9.90. The highest BCUT2D eigenvalue weighted by atomic mass is 32.2. The van der Waals surface area contributed by atoms with Crippen LogP contribution in [0.2, 0.25) is 0 Å². The topological polar surface area (TPSA) is 117 Å². The Bertz CT molecular complexity index is 1630. The van der Waals surface area contributed by atoms with Gasteiger partial charge < -0.3 is 18.9 Å². The van der Waals surface area contributed by atoms with Crippen molar-refractivity contribution in [3.05, 3.63) is 83.2 Å². The molecule has 3 aromatic rings. The van der Waals surface area contributed by atoms with Crippen molar-refractivity contribution in [2.75, 3.05) is 6.61 Å². The summed E-state index contributed by atoms with van der Waals surface area (Å²) in [7, 11) is 0. The number of nitrogens with one attached hydrogen (secondary N) is 1. The average molecular weight is 664 g/mol. The summed E-state index contributed by atoms with van der Waals surface area (Å²) in [6.45, 7) is 4.75. The molecule has 1 fully saturated rings. The Labute approximate surface area is 277 Å². The number of hydrogen-bond acceptors (Lipinski definition) is 9. The van der Waals surface area contributed by atoms with Crippen LogP contribution in [0.1, 0.15) is 80.3 Å². The first-order chi connectivity index (χ1) is 22.6. The van der Waals surface area contributed by atoms with Gasteiger partial charge in [-0.2, -0.15) is 0 Å². The van der Waals surface area contributed by atoms with Crippen molar-refractivity contribution >= 4 is 34.8 Å². The molecule has 3 aliphatic heterocycles. The van der Waals surface area contributed by atoms with Crippen molar-refractivity contribution in [2.45, 2.75) is 82.5 Å². The number of amides is 2. The van der Waals surface area contributed by atoms with Crippen LogP contribution in [-0.4, -0.2) is 40.5 Å². The summed E-state index contributed by atoms with van der Waals surface area (Å²) in [5.74, 6) is 0.818. The molecule has 1 saturated heterocycles. The van der Waals surface area contributed by atoms with E-state index in [2.05, 4.69) is 23.9 Å². The average Bonchev–Trinajstić information content (AvgIpc) is 3.54. The van der Waals surface area contributed by atoms with Crippen LogP contribution in [0.4, 0.5) is 9.18 Å². The Morgan fingerprint density at radius 2 is 1.79 bits per heavy atom. The number of rotatable bonds is 12. The fourth-order valence-corrected chi connectivity index (χ4v) is 6.26. The molecule has 11 heteroatoms. The standard InChI is InChI=1S/C29H35NO6S.C7H3FO2/c1-3-4-5-6-7-26(31)35-23-12-13-24-21(19-23)14-15-29(2,36-24)16-17-34-22-10-8-20(9-11-22)18-25-27(32)30-28(33)37-25;8-5-2-1-4-3-6(5)10-7(4)9/h8-13,19,25H,3-7,14-18H2,1-2H3,(H,30,32,33);1-3H. The van der Waals surface area contributed by atoms with E-state index in [1.807, 2.05) is 36.4 Å². The lowest BCUT2D eigenvalue weighted by Gasteiger charge is -2.36. The van der Waals surface area contributed by atoms with Gasteiger partial charge in [0.15, 0.2) is 11.6 Å². The molecule has 3 heterocycles. The highest BCUT2D eigenvalue weighted by Crippen LogP contribution is 2.37. The van der Waals surface area contributed by atoms with E-state index in [1.54, 1.807) is 6.07 Å². The molecule has 1 N–H and O–H groups in total. The molecule has 9 nitrogen and oxygen atoms in total. The van der Waals surface area contributed by atoms with E-state index in [0.717, 1.165) is 79.3 Å². The van der Waals surface area contributed by atoms with Gasteiger partial charge in [0.05, 0.1) is 17.4 Å². The van der Waals surface area contributed by atoms with Crippen molar-refractivity contribution in [2.24, 2.45) is 0 Å². The van der Waals surface area contributed by atoms with E-state index in [4.69, 9.17) is 14.2 Å². The zero-order chi connectivity index (χ0) is 33.4. The molecule has 47 heavy (non-hydrogen) atoms. The first-order valence-corrected chi connectivity index (χ1v) is 16.8. The molecule has 0 aliphatic carbocycles. The van der Waals surface area contributed by atoms with Crippen molar-refractivity contribution in [3.8, 4) is 23.0 Å². The number of hydrogen-bond donors (Lipinski definition) is 1. The second kappa shape index (κ2) is 15.5. The quantitative estimate of drug-likeness (QED) is 0.120. The smallest absolute Gasteiger partial charge is 0.343 e. The molecule has 2 atom stereocenters. The molecule has 248 valence electrons. The Balaban J connectivity index is 0.000000365. The lowest BCUT2D eigenvalue weighted by Crippen LogP contribution is -2.37. The summed E-state index contributed by atoms with van der Waals surface area (Å²) in [5.41, 5.74) is 2.11. The van der Waals surface area contributed by atoms with Crippen LogP contribution in [0.25, 0.3) is 0 Å². The van der Waals surface area contributed by atoms with Crippen molar-refractivity contribution < 1.29 is 42.5 Å². The highest BCUT2D eigenvalue weighted by molar-refractivity contribution is 8.15. The van der Waals surface area contributed by atoms with Gasteiger partial charge in [-0.15, -0.1) is 0 Å². The third-order valence-electron chi connectivity index (χ3n) is 8.16. The maximum atomic E-state index is 12.5. The highest BCUT2D eigenvalue weighted by Gasteiger charge is 2.33. The van der Waals surface area contributed by atoms with E-state index in [0.29, 0.717) is 30.8 Å². The molecule has 2 unspecified atom stereocenters. The molecular formula is C36H38FNO8S. The minimum atomic E-state index is -0.491. The van der Waals surface area contributed by atoms with Crippen LogP contribution in [0.3, 0.4) is 0 Å². The Kier molecular flexibility index (Phi) is 11.2. The fraction of sp³-hybridized carbons (Fsp3) is 0.389. The molecule has 0 saturated carbocycles. The van der Waals surface area contributed by atoms with Crippen LogP contribution in [0, 0.1) is 5.82 Å². The second-order valence-electron chi connectivity index (χ2n) is 12.0. The fourth-order valence-electron chi connectivity index (χ4n) is 5.40. The summed E-state index contributed by atoms with van der Waals surface area (Å²) in [5, 5.41) is 1.66. The van der Waals surface area contributed by atoms with E-state index in [-0.39, 0.29) is 33.7 Å². The van der Waals surface area contributed by atoms with Crippen LogP contribution >= 0.6 is 11.8 Å². The lowest BCUT2D eigenvalue weighted by molar-refractivity contribution is -0.134. The van der Waals surface area contributed by atoms with Gasteiger partial charge in [-0.05, 0) is 92.3 Å². The van der Waals surface area contributed by atoms with Crippen LogP contribution in [0.15, 0.2) is 60.7 Å². The normalized spacial score (nSPS) is 19.1. The number of esters is 2. The summed E-state index contributed by atoms with van der Waals surface area (Å²) in [6, 6.07) is 17.2. The first-order valence-electron chi connectivity index (χ1n) is 15.9. The monoisotopic (exact) mass is 663 g/mol. The number of unbranched alkanes of at least 4 members (excludes halogenated alkanes) is 3. The molecule has 0 aromatic heterocycles. The van der Waals surface area contributed by atoms with Gasteiger partial charge in [-0.25, -0.2) is 9.18 Å². The van der Waals surface area contributed by atoms with Crippen molar-refractivity contribution in [1.29, 1.82) is 0 Å². The largest absolute Gasteiger partial charge is 0.493 e. The zero-order valence-electron chi connectivity index (χ0n) is 26.5. The maximum Gasteiger partial charge on any atom is 0.343 e. The molecule has 3 aliphatic rings.